The molecule has 1 unspecified atom stereocenters. The van der Waals surface area contributed by atoms with Gasteiger partial charge in [-0.05, 0) is 97.6 Å². The van der Waals surface area contributed by atoms with Crippen molar-refractivity contribution in [1.82, 2.24) is 0 Å². The zero-order chi connectivity index (χ0) is 24.2. The first-order valence-corrected chi connectivity index (χ1v) is 12.7. The summed E-state index contributed by atoms with van der Waals surface area (Å²) in [4.78, 5) is 0. The van der Waals surface area contributed by atoms with E-state index in [9.17, 15) is 0 Å². The third-order valence-corrected chi connectivity index (χ3v) is 8.12. The number of fused-ring (bicyclic) bond motifs is 1. The van der Waals surface area contributed by atoms with Crippen molar-refractivity contribution >= 4 is 10.8 Å². The minimum absolute atomic E-state index is 0.439. The molecule has 0 saturated heterocycles. The van der Waals surface area contributed by atoms with E-state index in [-0.39, 0.29) is 0 Å². The summed E-state index contributed by atoms with van der Waals surface area (Å²) in [6.07, 6.45) is 6.22. The second-order valence-corrected chi connectivity index (χ2v) is 11.6. The van der Waals surface area contributed by atoms with E-state index in [2.05, 4.69) is 114 Å². The van der Waals surface area contributed by atoms with Crippen molar-refractivity contribution < 1.29 is 4.57 Å². The SMILES string of the molecule is Cc1ccc(-c2cc(C3CCC(C)(C)C3)cc3cc(-c4cc(C)cc(C)c4C)[n+](C)cc23)cc1. The van der Waals surface area contributed by atoms with Gasteiger partial charge in [0.15, 0.2) is 6.20 Å². The maximum atomic E-state index is 2.49. The number of pyridine rings is 1. The summed E-state index contributed by atoms with van der Waals surface area (Å²) in [6.45, 7) is 13.7. The van der Waals surface area contributed by atoms with E-state index < -0.39 is 0 Å². The highest BCUT2D eigenvalue weighted by molar-refractivity contribution is 5.97. The second-order valence-electron chi connectivity index (χ2n) is 11.6. The van der Waals surface area contributed by atoms with E-state index >= 15 is 0 Å². The first-order chi connectivity index (χ1) is 16.1. The van der Waals surface area contributed by atoms with E-state index in [0.29, 0.717) is 11.3 Å². The Labute approximate surface area is 205 Å². The fourth-order valence-electron chi connectivity index (χ4n) is 5.98. The summed E-state index contributed by atoms with van der Waals surface area (Å²) in [5.74, 6) is 0.643. The lowest BCUT2D eigenvalue weighted by atomic mass is 9.86. The topological polar surface area (TPSA) is 3.88 Å². The molecule has 4 aromatic rings. The number of hydrogen-bond acceptors (Lipinski definition) is 0. The highest BCUT2D eigenvalue weighted by Gasteiger charge is 2.32. The van der Waals surface area contributed by atoms with Gasteiger partial charge < -0.3 is 0 Å². The van der Waals surface area contributed by atoms with Gasteiger partial charge in [-0.1, -0.05) is 67.4 Å². The lowest BCUT2D eigenvalue weighted by Gasteiger charge is -2.19. The van der Waals surface area contributed by atoms with Gasteiger partial charge >= 0.3 is 0 Å². The Morgan fingerprint density at radius 2 is 1.56 bits per heavy atom. The van der Waals surface area contributed by atoms with Gasteiger partial charge in [-0.25, -0.2) is 4.57 Å². The summed E-state index contributed by atoms with van der Waals surface area (Å²) in [5.41, 5.74) is 12.6. The molecule has 3 aromatic carbocycles. The Balaban J connectivity index is 1.76. The van der Waals surface area contributed by atoms with Crippen LogP contribution in [0.4, 0.5) is 0 Å². The quantitative estimate of drug-likeness (QED) is 0.276. The van der Waals surface area contributed by atoms with E-state index in [1.54, 1.807) is 0 Å². The minimum Gasteiger partial charge on any atom is -0.200 e. The van der Waals surface area contributed by atoms with Crippen LogP contribution in [0.25, 0.3) is 33.2 Å². The predicted octanol–water partition coefficient (Wildman–Crippen LogP) is 8.53. The van der Waals surface area contributed by atoms with Crippen LogP contribution in [0.3, 0.4) is 0 Å². The monoisotopic (exact) mass is 448 g/mol. The molecule has 0 amide bonds. The molecule has 0 radical (unpaired) electrons. The van der Waals surface area contributed by atoms with E-state index in [1.807, 2.05) is 0 Å². The summed E-state index contributed by atoms with van der Waals surface area (Å²) in [5, 5.41) is 2.68. The molecule has 1 atom stereocenters. The number of benzene rings is 3. The summed E-state index contributed by atoms with van der Waals surface area (Å²) < 4.78 is 2.32. The van der Waals surface area contributed by atoms with Crippen molar-refractivity contribution in [2.75, 3.05) is 0 Å². The molecule has 0 N–H and O–H groups in total. The molecular weight excluding hydrogens is 410 g/mol. The molecule has 174 valence electrons. The molecule has 5 rings (SSSR count). The van der Waals surface area contributed by atoms with Crippen LogP contribution in [-0.2, 0) is 7.05 Å². The van der Waals surface area contributed by atoms with Gasteiger partial charge in [-0.15, -0.1) is 0 Å². The molecule has 1 aromatic heterocycles. The van der Waals surface area contributed by atoms with Gasteiger partial charge in [0.2, 0.25) is 5.69 Å². The molecule has 1 aliphatic carbocycles. The fourth-order valence-corrected chi connectivity index (χ4v) is 5.98. The minimum atomic E-state index is 0.439. The largest absolute Gasteiger partial charge is 0.213 e. The van der Waals surface area contributed by atoms with Gasteiger partial charge in [0.05, 0.1) is 5.39 Å². The summed E-state index contributed by atoms with van der Waals surface area (Å²) in [6, 6.07) is 21.1. The Kier molecular flexibility index (Phi) is 5.63. The van der Waals surface area contributed by atoms with Gasteiger partial charge in [0.25, 0.3) is 0 Å². The van der Waals surface area contributed by atoms with Crippen molar-refractivity contribution in [3.05, 3.63) is 88.6 Å². The van der Waals surface area contributed by atoms with Crippen LogP contribution < -0.4 is 4.57 Å². The van der Waals surface area contributed by atoms with Crippen molar-refractivity contribution in [1.29, 1.82) is 0 Å². The van der Waals surface area contributed by atoms with E-state index in [1.165, 1.54) is 80.2 Å². The molecule has 1 fully saturated rings. The number of aryl methyl sites for hydroxylation is 4. The van der Waals surface area contributed by atoms with Crippen LogP contribution in [0.2, 0.25) is 0 Å². The van der Waals surface area contributed by atoms with Crippen LogP contribution in [0.1, 0.15) is 66.8 Å². The summed E-state index contributed by atoms with van der Waals surface area (Å²) in [7, 11) is 2.19. The molecule has 1 heteroatoms. The van der Waals surface area contributed by atoms with Gasteiger partial charge in [0.1, 0.15) is 7.05 Å². The zero-order valence-electron chi connectivity index (χ0n) is 21.9. The third-order valence-electron chi connectivity index (χ3n) is 8.12. The smallest absolute Gasteiger partial charge is 0.200 e. The highest BCUT2D eigenvalue weighted by Crippen LogP contribution is 2.47. The highest BCUT2D eigenvalue weighted by atomic mass is 14.9. The van der Waals surface area contributed by atoms with E-state index in [4.69, 9.17) is 0 Å². The Hall–Kier alpha value is -2.93. The number of aromatic nitrogens is 1. The maximum Gasteiger partial charge on any atom is 0.213 e. The third kappa shape index (κ3) is 4.17. The Morgan fingerprint density at radius 1 is 0.824 bits per heavy atom. The van der Waals surface area contributed by atoms with Crippen LogP contribution in [0.15, 0.2) is 60.8 Å². The lowest BCUT2D eigenvalue weighted by molar-refractivity contribution is -0.659. The molecule has 1 saturated carbocycles. The summed E-state index contributed by atoms with van der Waals surface area (Å²) >= 11 is 0. The number of hydrogen-bond donors (Lipinski definition) is 0. The maximum absolute atomic E-state index is 2.49. The van der Waals surface area contributed by atoms with Gasteiger partial charge in [-0.3, -0.25) is 0 Å². The molecule has 0 spiro atoms. The van der Waals surface area contributed by atoms with Crippen LogP contribution in [0, 0.1) is 33.1 Å². The van der Waals surface area contributed by atoms with Crippen LogP contribution in [-0.4, -0.2) is 0 Å². The second kappa shape index (κ2) is 8.38. The number of nitrogens with zero attached hydrogens (tertiary/aromatic N) is 1. The van der Waals surface area contributed by atoms with Crippen molar-refractivity contribution in [3.8, 4) is 22.4 Å². The van der Waals surface area contributed by atoms with Crippen molar-refractivity contribution in [3.63, 3.8) is 0 Å². The first kappa shape index (κ1) is 22.8. The molecule has 0 bridgehead atoms. The Bertz CT molecular complexity index is 1390. The van der Waals surface area contributed by atoms with Gasteiger partial charge in [-0.2, -0.15) is 0 Å². The predicted molar refractivity (Wildman–Crippen MR) is 145 cm³/mol. The normalized spacial score (nSPS) is 17.4. The standard InChI is InChI=1S/C33H38N/c1-21-8-10-25(11-9-21)30-17-27(26-12-13-33(5,6)19-26)16-28-18-32(34(7)20-31(28)30)29-15-22(2)14-23(3)24(29)4/h8-11,14-18,20,26H,12-13,19H2,1-7H3/q+1. The molecule has 1 nitrogen and oxygen atoms in total. The van der Waals surface area contributed by atoms with Crippen LogP contribution in [0.5, 0.6) is 0 Å². The average molecular weight is 449 g/mol. The zero-order valence-corrected chi connectivity index (χ0v) is 21.9. The molecule has 1 aliphatic rings. The molecular formula is C33H38N+. The van der Waals surface area contributed by atoms with Gasteiger partial charge in [0, 0.05) is 11.6 Å². The number of rotatable bonds is 3. The van der Waals surface area contributed by atoms with Crippen molar-refractivity contribution in [2.45, 2.75) is 66.7 Å². The molecule has 34 heavy (non-hydrogen) atoms. The first-order valence-electron chi connectivity index (χ1n) is 12.7. The van der Waals surface area contributed by atoms with Crippen LogP contribution >= 0.6 is 0 Å². The van der Waals surface area contributed by atoms with Crippen molar-refractivity contribution in [2.24, 2.45) is 12.5 Å². The molecule has 1 heterocycles. The van der Waals surface area contributed by atoms with E-state index in [0.717, 1.165) is 0 Å². The fraction of sp³-hybridized carbons (Fsp3) is 0.364. The average Bonchev–Trinajstić information content (AvgIpc) is 3.15. The lowest BCUT2D eigenvalue weighted by Crippen LogP contribution is -2.31. The Morgan fingerprint density at radius 3 is 2.24 bits per heavy atom. The molecule has 0 aliphatic heterocycles.